The molecule has 0 saturated heterocycles. The molecule has 2 rings (SSSR count). The predicted octanol–water partition coefficient (Wildman–Crippen LogP) is 2.34. The van der Waals surface area contributed by atoms with Crippen LogP contribution in [0.25, 0.3) is 0 Å². The standard InChI is InChI=1S/C16H19N3O/c1-19(11-13-7-5-6-10-15(13)17)12-16(20)18-14-8-3-2-4-9-14/h2-10H,11-12,17H2,1H3,(H,18,20). The molecule has 0 unspecified atom stereocenters. The molecule has 2 aromatic carbocycles. The molecule has 3 N–H and O–H groups in total. The molecule has 0 atom stereocenters. The maximum Gasteiger partial charge on any atom is 0.238 e. The van der Waals surface area contributed by atoms with Gasteiger partial charge in [0.2, 0.25) is 5.91 Å². The molecule has 1 amide bonds. The number of rotatable bonds is 5. The molecule has 0 aliphatic carbocycles. The molecular formula is C16H19N3O. The van der Waals surface area contributed by atoms with E-state index in [1.54, 1.807) is 0 Å². The molecule has 0 spiro atoms. The van der Waals surface area contributed by atoms with Crippen molar-refractivity contribution in [2.75, 3.05) is 24.6 Å². The Bertz CT molecular complexity index is 569. The first-order valence-corrected chi connectivity index (χ1v) is 6.52. The van der Waals surface area contributed by atoms with E-state index in [4.69, 9.17) is 5.73 Å². The van der Waals surface area contributed by atoms with E-state index in [9.17, 15) is 4.79 Å². The van der Waals surface area contributed by atoms with E-state index in [2.05, 4.69) is 5.32 Å². The zero-order valence-electron chi connectivity index (χ0n) is 11.5. The molecule has 0 aliphatic rings. The number of anilines is 2. The molecule has 104 valence electrons. The molecule has 0 radical (unpaired) electrons. The van der Waals surface area contributed by atoms with Crippen LogP contribution in [0.5, 0.6) is 0 Å². The van der Waals surface area contributed by atoms with Crippen molar-refractivity contribution in [2.24, 2.45) is 0 Å². The van der Waals surface area contributed by atoms with Crippen molar-refractivity contribution in [3.63, 3.8) is 0 Å². The number of para-hydroxylation sites is 2. The molecule has 0 bridgehead atoms. The van der Waals surface area contributed by atoms with E-state index in [1.807, 2.05) is 66.5 Å². The molecule has 4 nitrogen and oxygen atoms in total. The first kappa shape index (κ1) is 14.1. The number of benzene rings is 2. The van der Waals surface area contributed by atoms with Crippen molar-refractivity contribution in [1.82, 2.24) is 4.90 Å². The predicted molar refractivity (Wildman–Crippen MR) is 82.3 cm³/mol. The van der Waals surface area contributed by atoms with Gasteiger partial charge >= 0.3 is 0 Å². The monoisotopic (exact) mass is 269 g/mol. The lowest BCUT2D eigenvalue weighted by molar-refractivity contribution is -0.117. The van der Waals surface area contributed by atoms with Crippen LogP contribution in [-0.2, 0) is 11.3 Å². The zero-order chi connectivity index (χ0) is 14.4. The van der Waals surface area contributed by atoms with Crippen LogP contribution in [0.1, 0.15) is 5.56 Å². The molecular weight excluding hydrogens is 250 g/mol. The summed E-state index contributed by atoms with van der Waals surface area (Å²) in [4.78, 5) is 13.8. The molecule has 0 fully saturated rings. The van der Waals surface area contributed by atoms with Crippen LogP contribution in [0.3, 0.4) is 0 Å². The van der Waals surface area contributed by atoms with Gasteiger partial charge in [-0.05, 0) is 30.8 Å². The molecule has 0 aliphatic heterocycles. The summed E-state index contributed by atoms with van der Waals surface area (Å²) in [6.07, 6.45) is 0. The van der Waals surface area contributed by atoms with E-state index in [-0.39, 0.29) is 5.91 Å². The van der Waals surface area contributed by atoms with Gasteiger partial charge in [0.1, 0.15) is 0 Å². The number of hydrogen-bond donors (Lipinski definition) is 2. The first-order valence-electron chi connectivity index (χ1n) is 6.52. The highest BCUT2D eigenvalue weighted by Crippen LogP contribution is 2.12. The zero-order valence-corrected chi connectivity index (χ0v) is 11.5. The van der Waals surface area contributed by atoms with E-state index in [0.29, 0.717) is 13.1 Å². The molecule has 4 heteroatoms. The van der Waals surface area contributed by atoms with Gasteiger partial charge in [0.15, 0.2) is 0 Å². The third-order valence-electron chi connectivity index (χ3n) is 2.97. The quantitative estimate of drug-likeness (QED) is 0.819. The minimum atomic E-state index is -0.0341. The van der Waals surface area contributed by atoms with Crippen molar-refractivity contribution in [1.29, 1.82) is 0 Å². The number of likely N-dealkylation sites (N-methyl/N-ethyl adjacent to an activating group) is 1. The van der Waals surface area contributed by atoms with Crippen LogP contribution in [0.15, 0.2) is 54.6 Å². The van der Waals surface area contributed by atoms with Gasteiger partial charge in [0.25, 0.3) is 0 Å². The Labute approximate surface area is 119 Å². The average Bonchev–Trinajstić information content (AvgIpc) is 2.42. The summed E-state index contributed by atoms with van der Waals surface area (Å²) in [5.41, 5.74) is 8.49. The Kier molecular flexibility index (Phi) is 4.74. The van der Waals surface area contributed by atoms with Gasteiger partial charge in [-0.2, -0.15) is 0 Å². The van der Waals surface area contributed by atoms with E-state index >= 15 is 0 Å². The maximum atomic E-state index is 11.9. The summed E-state index contributed by atoms with van der Waals surface area (Å²) >= 11 is 0. The van der Waals surface area contributed by atoms with Gasteiger partial charge in [0.05, 0.1) is 6.54 Å². The summed E-state index contributed by atoms with van der Waals surface area (Å²) in [5.74, 6) is -0.0341. The fourth-order valence-corrected chi connectivity index (χ4v) is 1.99. The fourth-order valence-electron chi connectivity index (χ4n) is 1.99. The molecule has 0 aromatic heterocycles. The number of nitrogens with two attached hydrogens (primary N) is 1. The molecule has 0 saturated carbocycles. The third kappa shape index (κ3) is 4.10. The lowest BCUT2D eigenvalue weighted by Gasteiger charge is -2.17. The number of amides is 1. The SMILES string of the molecule is CN(CC(=O)Nc1ccccc1)Cc1ccccc1N. The summed E-state index contributed by atoms with van der Waals surface area (Å²) in [6, 6.07) is 17.1. The highest BCUT2D eigenvalue weighted by atomic mass is 16.2. The smallest absolute Gasteiger partial charge is 0.238 e. The van der Waals surface area contributed by atoms with Gasteiger partial charge in [0, 0.05) is 17.9 Å². The van der Waals surface area contributed by atoms with Gasteiger partial charge in [-0.25, -0.2) is 0 Å². The van der Waals surface area contributed by atoms with Crippen molar-refractivity contribution in [2.45, 2.75) is 6.54 Å². The largest absolute Gasteiger partial charge is 0.398 e. The number of nitrogen functional groups attached to an aromatic ring is 1. The van der Waals surface area contributed by atoms with Crippen LogP contribution in [-0.4, -0.2) is 24.4 Å². The highest BCUT2D eigenvalue weighted by Gasteiger charge is 2.08. The Balaban J connectivity index is 1.87. The van der Waals surface area contributed by atoms with E-state index in [1.165, 1.54) is 0 Å². The average molecular weight is 269 g/mol. The Morgan fingerprint density at radius 1 is 1.10 bits per heavy atom. The van der Waals surface area contributed by atoms with Gasteiger partial charge in [-0.15, -0.1) is 0 Å². The molecule has 2 aromatic rings. The minimum absolute atomic E-state index is 0.0341. The van der Waals surface area contributed by atoms with Crippen LogP contribution >= 0.6 is 0 Å². The Hall–Kier alpha value is -2.33. The van der Waals surface area contributed by atoms with Crippen molar-refractivity contribution >= 4 is 17.3 Å². The fraction of sp³-hybridized carbons (Fsp3) is 0.188. The van der Waals surface area contributed by atoms with Gasteiger partial charge in [-0.1, -0.05) is 36.4 Å². The van der Waals surface area contributed by atoms with Crippen LogP contribution < -0.4 is 11.1 Å². The number of nitrogens with one attached hydrogen (secondary N) is 1. The first-order chi connectivity index (χ1) is 9.65. The maximum absolute atomic E-state index is 11.9. The van der Waals surface area contributed by atoms with E-state index in [0.717, 1.165) is 16.9 Å². The van der Waals surface area contributed by atoms with Crippen LogP contribution in [0.4, 0.5) is 11.4 Å². The lowest BCUT2D eigenvalue weighted by Crippen LogP contribution is -2.30. The van der Waals surface area contributed by atoms with Crippen LogP contribution in [0, 0.1) is 0 Å². The topological polar surface area (TPSA) is 58.4 Å². The van der Waals surface area contributed by atoms with Crippen molar-refractivity contribution in [3.8, 4) is 0 Å². The van der Waals surface area contributed by atoms with Crippen molar-refractivity contribution in [3.05, 3.63) is 60.2 Å². The second-order valence-electron chi connectivity index (χ2n) is 4.79. The van der Waals surface area contributed by atoms with Gasteiger partial charge in [-0.3, -0.25) is 9.69 Å². The van der Waals surface area contributed by atoms with Gasteiger partial charge < -0.3 is 11.1 Å². The molecule has 0 heterocycles. The summed E-state index contributed by atoms with van der Waals surface area (Å²) in [5, 5.41) is 2.86. The normalized spacial score (nSPS) is 10.5. The number of nitrogens with zero attached hydrogens (tertiary/aromatic N) is 1. The number of carbonyl (C=O) groups excluding carboxylic acids is 1. The third-order valence-corrected chi connectivity index (χ3v) is 2.97. The number of carbonyl (C=O) groups is 1. The van der Waals surface area contributed by atoms with Crippen LogP contribution in [0.2, 0.25) is 0 Å². The van der Waals surface area contributed by atoms with E-state index < -0.39 is 0 Å². The number of hydrogen-bond acceptors (Lipinski definition) is 3. The van der Waals surface area contributed by atoms with Crippen molar-refractivity contribution < 1.29 is 4.79 Å². The Morgan fingerprint density at radius 2 is 1.75 bits per heavy atom. The second kappa shape index (κ2) is 6.73. The molecule has 20 heavy (non-hydrogen) atoms. The summed E-state index contributed by atoms with van der Waals surface area (Å²) in [6.45, 7) is 0.970. The summed E-state index contributed by atoms with van der Waals surface area (Å²) < 4.78 is 0. The summed E-state index contributed by atoms with van der Waals surface area (Å²) in [7, 11) is 1.90. The second-order valence-corrected chi connectivity index (χ2v) is 4.79. The minimum Gasteiger partial charge on any atom is -0.398 e. The Morgan fingerprint density at radius 3 is 2.45 bits per heavy atom. The lowest BCUT2D eigenvalue weighted by atomic mass is 10.2. The highest BCUT2D eigenvalue weighted by molar-refractivity contribution is 5.92.